The molecule has 1 aromatic rings. The van der Waals surface area contributed by atoms with Gasteiger partial charge in [-0.15, -0.1) is 0 Å². The molecule has 1 N–H and O–H groups in total. The fourth-order valence-corrected chi connectivity index (χ4v) is 2.08. The quantitative estimate of drug-likeness (QED) is 0.708. The van der Waals surface area contributed by atoms with Crippen molar-refractivity contribution in [2.24, 2.45) is 0 Å². The number of rotatable bonds is 7. The molecule has 0 aliphatic heterocycles. The highest BCUT2D eigenvalue weighted by atomic mass is 32.2. The van der Waals surface area contributed by atoms with Gasteiger partial charge in [0.15, 0.2) is 9.84 Å². The Kier molecular flexibility index (Phi) is 5.64. The van der Waals surface area contributed by atoms with Crippen LogP contribution in [0.5, 0.6) is 0 Å². The molecule has 0 spiro atoms. The van der Waals surface area contributed by atoms with Crippen LogP contribution in [0.3, 0.4) is 0 Å². The predicted molar refractivity (Wildman–Crippen MR) is 68.9 cm³/mol. The van der Waals surface area contributed by atoms with Gasteiger partial charge in [0.05, 0.1) is 12.3 Å². The average molecular weight is 273 g/mol. The number of hydrogen-bond donors (Lipinski definition) is 1. The Balaban J connectivity index is 2.69. The Morgan fingerprint density at radius 3 is 2.72 bits per heavy atom. The number of sulfone groups is 1. The molecule has 0 aromatic carbocycles. The Labute approximate surface area is 108 Å². The van der Waals surface area contributed by atoms with Gasteiger partial charge in [-0.3, -0.25) is 0 Å². The van der Waals surface area contributed by atoms with Crippen molar-refractivity contribution in [2.45, 2.75) is 19.2 Å². The predicted octanol–water partition coefficient (Wildman–Crippen LogP) is 0.0656. The second-order valence-corrected chi connectivity index (χ2v) is 6.30. The zero-order valence-corrected chi connectivity index (χ0v) is 11.7. The van der Waals surface area contributed by atoms with Crippen molar-refractivity contribution >= 4 is 9.84 Å². The monoisotopic (exact) mass is 273 g/mol. The molecule has 0 atom stereocenters. The Morgan fingerprint density at radius 1 is 1.39 bits per heavy atom. The third-order valence-electron chi connectivity index (χ3n) is 2.13. The number of nitrogens with one attached hydrogen (secondary N) is 1. The van der Waals surface area contributed by atoms with E-state index in [1.165, 1.54) is 6.26 Å². The number of methoxy groups -OCH3 is 1. The highest BCUT2D eigenvalue weighted by Gasteiger charge is 2.09. The standard InChI is InChI=1S/C11H19N3O3S/c1-9-6-10(7-12-4-5-17-2)14-11(13-9)8-18(3,15)16/h6,12H,4-5,7-8H2,1-3H3. The van der Waals surface area contributed by atoms with Gasteiger partial charge >= 0.3 is 0 Å². The van der Waals surface area contributed by atoms with Crippen molar-refractivity contribution in [3.8, 4) is 0 Å². The molecule has 0 fully saturated rings. The number of aromatic nitrogens is 2. The van der Waals surface area contributed by atoms with Crippen molar-refractivity contribution in [3.05, 3.63) is 23.3 Å². The molecular weight excluding hydrogens is 254 g/mol. The summed E-state index contributed by atoms with van der Waals surface area (Å²) in [5.41, 5.74) is 1.56. The molecule has 1 aromatic heterocycles. The van der Waals surface area contributed by atoms with Gasteiger partial charge in [-0.25, -0.2) is 18.4 Å². The maximum absolute atomic E-state index is 11.2. The first-order chi connectivity index (χ1) is 8.40. The molecule has 102 valence electrons. The van der Waals surface area contributed by atoms with E-state index >= 15 is 0 Å². The first kappa shape index (κ1) is 15.0. The van der Waals surface area contributed by atoms with E-state index in [0.29, 0.717) is 19.0 Å². The lowest BCUT2D eigenvalue weighted by Crippen LogP contribution is -2.20. The molecule has 0 saturated carbocycles. The van der Waals surface area contributed by atoms with Crippen molar-refractivity contribution in [2.75, 3.05) is 26.5 Å². The zero-order valence-electron chi connectivity index (χ0n) is 10.9. The maximum atomic E-state index is 11.2. The van der Waals surface area contributed by atoms with Gasteiger partial charge in [0.25, 0.3) is 0 Å². The van der Waals surface area contributed by atoms with Gasteiger partial charge in [-0.05, 0) is 13.0 Å². The van der Waals surface area contributed by atoms with Crippen molar-refractivity contribution in [3.63, 3.8) is 0 Å². The van der Waals surface area contributed by atoms with Crippen molar-refractivity contribution in [1.29, 1.82) is 0 Å². The van der Waals surface area contributed by atoms with Crippen molar-refractivity contribution in [1.82, 2.24) is 15.3 Å². The van der Waals surface area contributed by atoms with Crippen LogP contribution in [-0.2, 0) is 26.9 Å². The minimum Gasteiger partial charge on any atom is -0.383 e. The number of nitrogens with zero attached hydrogens (tertiary/aromatic N) is 2. The Morgan fingerprint density at radius 2 is 2.11 bits per heavy atom. The van der Waals surface area contributed by atoms with Crippen molar-refractivity contribution < 1.29 is 13.2 Å². The largest absolute Gasteiger partial charge is 0.383 e. The summed E-state index contributed by atoms with van der Waals surface area (Å²) >= 11 is 0. The molecule has 7 heteroatoms. The minimum absolute atomic E-state index is 0.125. The summed E-state index contributed by atoms with van der Waals surface area (Å²) in [6.45, 7) is 3.75. The molecule has 0 bridgehead atoms. The second-order valence-electron chi connectivity index (χ2n) is 4.16. The number of hydrogen-bond acceptors (Lipinski definition) is 6. The van der Waals surface area contributed by atoms with E-state index in [2.05, 4.69) is 15.3 Å². The van der Waals surface area contributed by atoms with Gasteiger partial charge in [-0.1, -0.05) is 0 Å². The maximum Gasteiger partial charge on any atom is 0.154 e. The molecule has 0 saturated heterocycles. The van der Waals surface area contributed by atoms with Crippen LogP contribution in [0.4, 0.5) is 0 Å². The molecule has 1 rings (SSSR count). The smallest absolute Gasteiger partial charge is 0.154 e. The Bertz CT molecular complexity index is 488. The van der Waals surface area contributed by atoms with Crippen LogP contribution in [0.25, 0.3) is 0 Å². The lowest BCUT2D eigenvalue weighted by Gasteiger charge is -2.06. The van der Waals surface area contributed by atoms with Gasteiger partial charge in [-0.2, -0.15) is 0 Å². The van der Waals surface area contributed by atoms with Gasteiger partial charge in [0.1, 0.15) is 11.6 Å². The molecule has 0 aliphatic carbocycles. The zero-order chi connectivity index (χ0) is 13.6. The second kappa shape index (κ2) is 6.77. The number of ether oxygens (including phenoxy) is 1. The summed E-state index contributed by atoms with van der Waals surface area (Å²) in [6.07, 6.45) is 1.18. The van der Waals surface area contributed by atoms with Crippen LogP contribution in [-0.4, -0.2) is 44.9 Å². The fraction of sp³-hybridized carbons (Fsp3) is 0.636. The molecule has 0 amide bonds. The van der Waals surface area contributed by atoms with Crippen LogP contribution in [0.2, 0.25) is 0 Å². The minimum atomic E-state index is -3.11. The van der Waals surface area contributed by atoms with Gasteiger partial charge in [0, 0.05) is 32.1 Å². The average Bonchev–Trinajstić information content (AvgIpc) is 2.21. The van der Waals surface area contributed by atoms with Gasteiger partial charge in [0.2, 0.25) is 0 Å². The molecular formula is C11H19N3O3S. The van der Waals surface area contributed by atoms with E-state index in [4.69, 9.17) is 4.74 Å². The molecule has 0 aliphatic rings. The summed E-state index contributed by atoms with van der Waals surface area (Å²) in [7, 11) is -1.47. The first-order valence-corrected chi connectivity index (χ1v) is 7.67. The van der Waals surface area contributed by atoms with E-state index < -0.39 is 9.84 Å². The van der Waals surface area contributed by atoms with Crippen LogP contribution in [0, 0.1) is 6.92 Å². The van der Waals surface area contributed by atoms with E-state index in [1.807, 2.05) is 13.0 Å². The topological polar surface area (TPSA) is 81.2 Å². The van der Waals surface area contributed by atoms with Gasteiger partial charge < -0.3 is 10.1 Å². The summed E-state index contributed by atoms with van der Waals surface area (Å²) in [5.74, 6) is 0.223. The molecule has 0 radical (unpaired) electrons. The Hall–Kier alpha value is -1.05. The van der Waals surface area contributed by atoms with E-state index in [0.717, 1.165) is 17.9 Å². The van der Waals surface area contributed by atoms with E-state index in [-0.39, 0.29) is 5.75 Å². The highest BCUT2D eigenvalue weighted by molar-refractivity contribution is 7.89. The summed E-state index contributed by atoms with van der Waals surface area (Å²) < 4.78 is 27.3. The lowest BCUT2D eigenvalue weighted by atomic mass is 10.3. The number of aryl methyl sites for hydroxylation is 1. The van der Waals surface area contributed by atoms with Crippen LogP contribution in [0.15, 0.2) is 6.07 Å². The van der Waals surface area contributed by atoms with Crippen LogP contribution < -0.4 is 5.32 Å². The van der Waals surface area contributed by atoms with E-state index in [9.17, 15) is 8.42 Å². The van der Waals surface area contributed by atoms with Crippen LogP contribution in [0.1, 0.15) is 17.2 Å². The molecule has 0 unspecified atom stereocenters. The third kappa shape index (κ3) is 6.04. The first-order valence-electron chi connectivity index (χ1n) is 5.61. The lowest BCUT2D eigenvalue weighted by molar-refractivity contribution is 0.199. The highest BCUT2D eigenvalue weighted by Crippen LogP contribution is 2.04. The summed E-state index contributed by atoms with van der Waals surface area (Å²) in [6, 6.07) is 1.84. The summed E-state index contributed by atoms with van der Waals surface area (Å²) in [4.78, 5) is 8.34. The molecule has 1 heterocycles. The molecule has 6 nitrogen and oxygen atoms in total. The normalized spacial score (nSPS) is 11.7. The molecule has 18 heavy (non-hydrogen) atoms. The van der Waals surface area contributed by atoms with Crippen LogP contribution >= 0.6 is 0 Å². The summed E-state index contributed by atoms with van der Waals surface area (Å²) in [5, 5.41) is 3.16. The fourth-order valence-electron chi connectivity index (χ4n) is 1.48. The van der Waals surface area contributed by atoms with E-state index in [1.54, 1.807) is 7.11 Å². The SMILES string of the molecule is COCCNCc1cc(C)nc(CS(C)(=O)=O)n1. The third-order valence-corrected chi connectivity index (χ3v) is 2.92.